The number of carboxylic acids is 1. The van der Waals surface area contributed by atoms with Crippen molar-refractivity contribution in [3.05, 3.63) is 35.9 Å². The van der Waals surface area contributed by atoms with Gasteiger partial charge in [-0.25, -0.2) is 0 Å². The van der Waals surface area contributed by atoms with Gasteiger partial charge in [-0.2, -0.15) is 0 Å². The standard InChI is InChI=1S/C28H44N2O4/c1-18(2)17-21(22(26(33)34)19-13-11-12-14-19)24(31)29-23(27(3,4)5)25(32)30-28(6,7)20-15-9-8-10-16-20/h8-10,15-16,18-19,21-23H,11-14,17H2,1-7H3,(H,29,31)(H,30,32)(H,33,34)/t21-,22+,23-/m1/s1. The summed E-state index contributed by atoms with van der Waals surface area (Å²) in [6.07, 6.45) is 4.17. The number of carboxylic acid groups (broad SMARTS) is 1. The zero-order chi connectivity index (χ0) is 25.7. The molecule has 3 N–H and O–H groups in total. The molecule has 0 radical (unpaired) electrons. The zero-order valence-corrected chi connectivity index (χ0v) is 22.0. The van der Waals surface area contributed by atoms with Gasteiger partial charge < -0.3 is 15.7 Å². The van der Waals surface area contributed by atoms with Crippen molar-refractivity contribution >= 4 is 17.8 Å². The number of amides is 2. The van der Waals surface area contributed by atoms with Crippen LogP contribution in [0, 0.1) is 29.1 Å². The van der Waals surface area contributed by atoms with E-state index in [-0.39, 0.29) is 23.7 Å². The van der Waals surface area contributed by atoms with Crippen LogP contribution in [0.15, 0.2) is 30.3 Å². The fourth-order valence-electron chi connectivity index (χ4n) is 5.18. The molecule has 1 aliphatic carbocycles. The summed E-state index contributed by atoms with van der Waals surface area (Å²) in [6.45, 7) is 13.6. The lowest BCUT2D eigenvalue weighted by Gasteiger charge is -2.37. The molecule has 1 aromatic rings. The maximum atomic E-state index is 13.6. The van der Waals surface area contributed by atoms with Gasteiger partial charge >= 0.3 is 5.97 Å². The van der Waals surface area contributed by atoms with Crippen LogP contribution >= 0.6 is 0 Å². The Balaban J connectivity index is 2.29. The summed E-state index contributed by atoms with van der Waals surface area (Å²) in [6, 6.07) is 8.91. The molecule has 0 spiro atoms. The van der Waals surface area contributed by atoms with E-state index in [2.05, 4.69) is 10.6 Å². The molecular weight excluding hydrogens is 428 g/mol. The summed E-state index contributed by atoms with van der Waals surface area (Å²) in [5, 5.41) is 16.2. The number of rotatable bonds is 10. The third-order valence-corrected chi connectivity index (χ3v) is 7.03. The summed E-state index contributed by atoms with van der Waals surface area (Å²) in [7, 11) is 0. The second-order valence-electron chi connectivity index (χ2n) is 11.9. The van der Waals surface area contributed by atoms with Gasteiger partial charge in [0.05, 0.1) is 17.4 Å². The highest BCUT2D eigenvalue weighted by Gasteiger charge is 2.43. The lowest BCUT2D eigenvalue weighted by atomic mass is 9.75. The van der Waals surface area contributed by atoms with Crippen LogP contribution in [-0.2, 0) is 19.9 Å². The Labute approximate surface area is 205 Å². The van der Waals surface area contributed by atoms with E-state index in [1.165, 1.54) is 0 Å². The maximum Gasteiger partial charge on any atom is 0.307 e. The van der Waals surface area contributed by atoms with E-state index < -0.39 is 34.8 Å². The molecule has 34 heavy (non-hydrogen) atoms. The first-order valence-corrected chi connectivity index (χ1v) is 12.6. The van der Waals surface area contributed by atoms with Gasteiger partial charge in [-0.15, -0.1) is 0 Å². The molecule has 2 rings (SSSR count). The van der Waals surface area contributed by atoms with Crippen LogP contribution in [0.2, 0.25) is 0 Å². The first-order chi connectivity index (χ1) is 15.7. The molecule has 0 saturated heterocycles. The largest absolute Gasteiger partial charge is 0.481 e. The molecule has 1 fully saturated rings. The lowest BCUT2D eigenvalue weighted by Crippen LogP contribution is -2.58. The molecule has 1 aliphatic rings. The average Bonchev–Trinajstić information content (AvgIpc) is 3.24. The van der Waals surface area contributed by atoms with Gasteiger partial charge in [0.2, 0.25) is 11.8 Å². The summed E-state index contributed by atoms with van der Waals surface area (Å²) >= 11 is 0. The first kappa shape index (κ1) is 27.9. The minimum Gasteiger partial charge on any atom is -0.481 e. The summed E-state index contributed by atoms with van der Waals surface area (Å²) in [5.41, 5.74) is -0.217. The minimum absolute atomic E-state index is 0.00549. The van der Waals surface area contributed by atoms with Crippen LogP contribution in [0.25, 0.3) is 0 Å². The van der Waals surface area contributed by atoms with Crippen LogP contribution in [-0.4, -0.2) is 28.9 Å². The number of hydrogen-bond acceptors (Lipinski definition) is 3. The van der Waals surface area contributed by atoms with Gasteiger partial charge in [0.25, 0.3) is 0 Å². The highest BCUT2D eigenvalue weighted by molar-refractivity contribution is 5.91. The first-order valence-electron chi connectivity index (χ1n) is 12.6. The second-order valence-corrected chi connectivity index (χ2v) is 11.9. The topological polar surface area (TPSA) is 95.5 Å². The van der Waals surface area contributed by atoms with E-state index in [9.17, 15) is 19.5 Å². The van der Waals surface area contributed by atoms with Crippen molar-refractivity contribution in [3.63, 3.8) is 0 Å². The molecule has 0 unspecified atom stereocenters. The third kappa shape index (κ3) is 7.31. The molecule has 2 amide bonds. The average molecular weight is 473 g/mol. The smallest absolute Gasteiger partial charge is 0.307 e. The van der Waals surface area contributed by atoms with Crippen molar-refractivity contribution in [2.75, 3.05) is 0 Å². The number of nitrogens with one attached hydrogen (secondary N) is 2. The molecule has 6 heteroatoms. The fourth-order valence-corrected chi connectivity index (χ4v) is 5.18. The second kappa shape index (κ2) is 11.4. The van der Waals surface area contributed by atoms with Gasteiger partial charge in [-0.1, -0.05) is 77.8 Å². The highest BCUT2D eigenvalue weighted by atomic mass is 16.4. The van der Waals surface area contributed by atoms with Crippen LogP contribution in [0.1, 0.15) is 86.1 Å². The predicted molar refractivity (Wildman–Crippen MR) is 135 cm³/mol. The summed E-state index contributed by atoms with van der Waals surface area (Å²) in [4.78, 5) is 39.4. The van der Waals surface area contributed by atoms with Crippen LogP contribution in [0.3, 0.4) is 0 Å². The lowest BCUT2D eigenvalue weighted by molar-refractivity contribution is -0.151. The Morgan fingerprint density at radius 3 is 2.00 bits per heavy atom. The molecule has 190 valence electrons. The van der Waals surface area contributed by atoms with Crippen LogP contribution in [0.4, 0.5) is 0 Å². The maximum absolute atomic E-state index is 13.6. The monoisotopic (exact) mass is 472 g/mol. The SMILES string of the molecule is CC(C)C[C@@H](C(=O)N[C@H](C(=O)NC(C)(C)c1ccccc1)C(C)(C)C)[C@@H](C(=O)O)C1CCCC1. The van der Waals surface area contributed by atoms with E-state index >= 15 is 0 Å². The number of hydrogen-bond donors (Lipinski definition) is 3. The van der Waals surface area contributed by atoms with E-state index in [4.69, 9.17) is 0 Å². The van der Waals surface area contributed by atoms with Gasteiger partial charge in [0, 0.05) is 0 Å². The number of carbonyl (C=O) groups excluding carboxylic acids is 2. The normalized spacial score (nSPS) is 17.8. The molecule has 0 aromatic heterocycles. The molecule has 0 aliphatic heterocycles. The highest BCUT2D eigenvalue weighted by Crippen LogP contribution is 2.38. The predicted octanol–water partition coefficient (Wildman–Crippen LogP) is 5.12. The van der Waals surface area contributed by atoms with Gasteiger partial charge in [-0.05, 0) is 55.9 Å². The molecule has 0 heterocycles. The summed E-state index contributed by atoms with van der Waals surface area (Å²) < 4.78 is 0. The quantitative estimate of drug-likeness (QED) is 0.440. The molecule has 1 aromatic carbocycles. The van der Waals surface area contributed by atoms with Gasteiger partial charge in [0.15, 0.2) is 0 Å². The van der Waals surface area contributed by atoms with Crippen LogP contribution in [0.5, 0.6) is 0 Å². The van der Waals surface area contributed by atoms with E-state index in [0.29, 0.717) is 6.42 Å². The number of carbonyl (C=O) groups is 3. The van der Waals surface area contributed by atoms with Crippen LogP contribution < -0.4 is 10.6 Å². The van der Waals surface area contributed by atoms with E-state index in [0.717, 1.165) is 31.2 Å². The number of benzene rings is 1. The van der Waals surface area contributed by atoms with Gasteiger partial charge in [0.1, 0.15) is 6.04 Å². The zero-order valence-electron chi connectivity index (χ0n) is 22.0. The minimum atomic E-state index is -0.908. The Hall–Kier alpha value is -2.37. The van der Waals surface area contributed by atoms with E-state index in [1.807, 2.05) is 78.8 Å². The molecule has 3 atom stereocenters. The van der Waals surface area contributed by atoms with Crippen molar-refractivity contribution in [3.8, 4) is 0 Å². The van der Waals surface area contributed by atoms with Crippen molar-refractivity contribution in [1.29, 1.82) is 0 Å². The van der Waals surface area contributed by atoms with Crippen molar-refractivity contribution < 1.29 is 19.5 Å². The van der Waals surface area contributed by atoms with Gasteiger partial charge in [-0.3, -0.25) is 14.4 Å². The van der Waals surface area contributed by atoms with Crippen molar-refractivity contribution in [2.24, 2.45) is 29.1 Å². The number of aliphatic carboxylic acids is 1. The Morgan fingerprint density at radius 2 is 1.53 bits per heavy atom. The Bertz CT molecular complexity index is 836. The molecular formula is C28H44N2O4. The van der Waals surface area contributed by atoms with E-state index in [1.54, 1.807) is 0 Å². The Kier molecular flexibility index (Phi) is 9.32. The Morgan fingerprint density at radius 1 is 0.971 bits per heavy atom. The van der Waals surface area contributed by atoms with Crippen molar-refractivity contribution in [2.45, 2.75) is 92.2 Å². The third-order valence-electron chi connectivity index (χ3n) is 7.03. The summed E-state index contributed by atoms with van der Waals surface area (Å²) in [5.74, 6) is -2.74. The fraction of sp³-hybridized carbons (Fsp3) is 0.679. The molecule has 1 saturated carbocycles. The molecule has 0 bridgehead atoms. The molecule has 6 nitrogen and oxygen atoms in total. The van der Waals surface area contributed by atoms with Crippen molar-refractivity contribution in [1.82, 2.24) is 10.6 Å².